The summed E-state index contributed by atoms with van der Waals surface area (Å²) in [5, 5.41) is 23.9. The van der Waals surface area contributed by atoms with Crippen molar-refractivity contribution in [2.24, 2.45) is 5.41 Å². The van der Waals surface area contributed by atoms with Crippen LogP contribution >= 0.6 is 0 Å². The Morgan fingerprint density at radius 3 is 2.46 bits per heavy atom. The molecule has 0 unspecified atom stereocenters. The molecule has 0 aromatic heterocycles. The number of carbonyl (C=O) groups excluding carboxylic acids is 1. The standard InChI is InChI=1S/C19H24F3N3O3/c1-11-13(25(16(26)27)18(4,5)19(20,21)22)6-7-14-15(11)24-9-12(28-14)8-17(2,3)10-23/h6-7,12,24H,8-9H2,1-5H3,(H,26,27)/p-1/t12-/m1/s1. The topological polar surface area (TPSA) is 88.4 Å². The quantitative estimate of drug-likeness (QED) is 0.837. The van der Waals surface area contributed by atoms with Crippen LogP contribution in [0.1, 0.15) is 39.7 Å². The minimum absolute atomic E-state index is 0.132. The lowest BCUT2D eigenvalue weighted by Gasteiger charge is -2.43. The van der Waals surface area contributed by atoms with Gasteiger partial charge in [0.1, 0.15) is 23.5 Å². The summed E-state index contributed by atoms with van der Waals surface area (Å²) < 4.78 is 46.2. The zero-order chi connectivity index (χ0) is 21.5. The van der Waals surface area contributed by atoms with E-state index in [2.05, 4.69) is 11.4 Å². The summed E-state index contributed by atoms with van der Waals surface area (Å²) in [6.07, 6.45) is -6.58. The zero-order valence-electron chi connectivity index (χ0n) is 16.4. The lowest BCUT2D eigenvalue weighted by atomic mass is 9.88. The van der Waals surface area contributed by atoms with Crippen LogP contribution in [0.5, 0.6) is 5.75 Å². The Morgan fingerprint density at radius 2 is 1.96 bits per heavy atom. The molecule has 2 rings (SSSR count). The third-order valence-corrected chi connectivity index (χ3v) is 4.92. The molecule has 0 spiro atoms. The minimum Gasteiger partial charge on any atom is -0.530 e. The Balaban J connectivity index is 2.41. The second kappa shape index (κ2) is 7.08. The number of nitriles is 1. The SMILES string of the molecule is Cc1c(N(C(=O)[O-])C(C)(C)C(F)(F)F)ccc2c1NC[C@@H](CC(C)(C)C#N)O2. The van der Waals surface area contributed by atoms with E-state index in [1.54, 1.807) is 13.8 Å². The maximum absolute atomic E-state index is 13.4. The predicted molar refractivity (Wildman–Crippen MR) is 96.1 cm³/mol. The largest absolute Gasteiger partial charge is 0.530 e. The van der Waals surface area contributed by atoms with Gasteiger partial charge in [-0.1, -0.05) is 0 Å². The van der Waals surface area contributed by atoms with E-state index in [9.17, 15) is 28.3 Å². The normalized spacial score (nSPS) is 17.0. The van der Waals surface area contributed by atoms with Gasteiger partial charge in [-0.15, -0.1) is 0 Å². The van der Waals surface area contributed by atoms with Gasteiger partial charge in [0.15, 0.2) is 0 Å². The second-order valence-electron chi connectivity index (χ2n) is 8.06. The average molecular weight is 398 g/mol. The molecule has 0 saturated carbocycles. The molecule has 1 heterocycles. The number of nitrogens with zero attached hydrogens (tertiary/aromatic N) is 2. The highest BCUT2D eigenvalue weighted by molar-refractivity contribution is 5.90. The fourth-order valence-electron chi connectivity index (χ4n) is 3.16. The number of halogens is 3. The number of benzene rings is 1. The molecule has 9 heteroatoms. The first-order valence-corrected chi connectivity index (χ1v) is 8.74. The molecule has 0 aliphatic carbocycles. The summed E-state index contributed by atoms with van der Waals surface area (Å²) in [4.78, 5) is 11.8. The van der Waals surface area contributed by atoms with Crippen LogP contribution in [0.3, 0.4) is 0 Å². The van der Waals surface area contributed by atoms with Crippen molar-refractivity contribution in [2.45, 2.75) is 58.9 Å². The summed E-state index contributed by atoms with van der Waals surface area (Å²) in [6, 6.07) is 4.90. The number of carboxylic acid groups (broad SMARTS) is 1. The molecule has 1 atom stereocenters. The van der Waals surface area contributed by atoms with Gasteiger partial charge in [-0.2, -0.15) is 18.4 Å². The van der Waals surface area contributed by atoms with Crippen LogP contribution in [0.4, 0.5) is 29.3 Å². The Labute approximate surface area is 161 Å². The predicted octanol–water partition coefficient (Wildman–Crippen LogP) is 3.60. The summed E-state index contributed by atoms with van der Waals surface area (Å²) in [7, 11) is 0. The molecule has 1 aromatic rings. The number of rotatable bonds is 4. The number of hydrogen-bond donors (Lipinski definition) is 1. The van der Waals surface area contributed by atoms with E-state index < -0.39 is 23.2 Å². The number of anilines is 2. The van der Waals surface area contributed by atoms with Gasteiger partial charge in [0, 0.05) is 12.1 Å². The Bertz CT molecular complexity index is 813. The molecule has 1 amide bonds. The van der Waals surface area contributed by atoms with Gasteiger partial charge >= 0.3 is 6.18 Å². The molecule has 0 bridgehead atoms. The summed E-state index contributed by atoms with van der Waals surface area (Å²) in [5.74, 6) is 0.398. The average Bonchev–Trinajstić information content (AvgIpc) is 2.55. The van der Waals surface area contributed by atoms with Crippen molar-refractivity contribution in [3.63, 3.8) is 0 Å². The fraction of sp³-hybridized carbons (Fsp3) is 0.579. The summed E-state index contributed by atoms with van der Waals surface area (Å²) in [6.45, 7) is 7.01. The molecule has 28 heavy (non-hydrogen) atoms. The molecule has 1 N–H and O–H groups in total. The van der Waals surface area contributed by atoms with Crippen LogP contribution < -0.4 is 20.1 Å². The number of carbonyl (C=O) groups is 1. The highest BCUT2D eigenvalue weighted by atomic mass is 19.4. The van der Waals surface area contributed by atoms with Crippen LogP contribution in [0.25, 0.3) is 0 Å². The smallest absolute Gasteiger partial charge is 0.411 e. The van der Waals surface area contributed by atoms with E-state index in [-0.39, 0.29) is 16.7 Å². The third kappa shape index (κ3) is 3.96. The van der Waals surface area contributed by atoms with Gasteiger partial charge in [0.2, 0.25) is 0 Å². The Kier molecular flexibility index (Phi) is 5.48. The number of amides is 1. The number of alkyl halides is 3. The van der Waals surface area contributed by atoms with E-state index in [4.69, 9.17) is 4.74 Å². The van der Waals surface area contributed by atoms with Crippen LogP contribution in [-0.4, -0.2) is 30.5 Å². The van der Waals surface area contributed by atoms with Gasteiger partial charge in [0.25, 0.3) is 0 Å². The van der Waals surface area contributed by atoms with Crippen molar-refractivity contribution in [2.75, 3.05) is 16.8 Å². The van der Waals surface area contributed by atoms with E-state index in [0.29, 0.717) is 30.0 Å². The maximum Gasteiger partial charge on any atom is 0.411 e. The highest BCUT2D eigenvalue weighted by Crippen LogP contribution is 2.44. The van der Waals surface area contributed by atoms with Crippen molar-refractivity contribution in [3.05, 3.63) is 17.7 Å². The molecule has 0 radical (unpaired) electrons. The molecule has 1 aliphatic rings. The molecule has 154 valence electrons. The van der Waals surface area contributed by atoms with Crippen LogP contribution in [-0.2, 0) is 0 Å². The van der Waals surface area contributed by atoms with Crippen LogP contribution in [0, 0.1) is 23.7 Å². The molecular weight excluding hydrogens is 375 g/mol. The first-order chi connectivity index (χ1) is 12.7. The molecule has 1 aliphatic heterocycles. The van der Waals surface area contributed by atoms with E-state index in [0.717, 1.165) is 13.8 Å². The molecule has 0 saturated heterocycles. The maximum atomic E-state index is 13.4. The number of nitrogens with one attached hydrogen (secondary N) is 1. The monoisotopic (exact) mass is 398 g/mol. The van der Waals surface area contributed by atoms with E-state index >= 15 is 0 Å². The molecule has 0 fully saturated rings. The second-order valence-corrected chi connectivity index (χ2v) is 8.06. The highest BCUT2D eigenvalue weighted by Gasteiger charge is 2.52. The number of ether oxygens (including phenoxy) is 1. The van der Waals surface area contributed by atoms with Crippen LogP contribution in [0.15, 0.2) is 12.1 Å². The van der Waals surface area contributed by atoms with Gasteiger partial charge < -0.3 is 24.9 Å². The molecular formula is C19H23F3N3O3-. The first kappa shape index (κ1) is 21.7. The van der Waals surface area contributed by atoms with Gasteiger partial charge in [-0.3, -0.25) is 0 Å². The molecule has 6 nitrogen and oxygen atoms in total. The summed E-state index contributed by atoms with van der Waals surface area (Å²) in [5.41, 5.74) is -2.68. The third-order valence-electron chi connectivity index (χ3n) is 4.92. The summed E-state index contributed by atoms with van der Waals surface area (Å²) >= 11 is 0. The van der Waals surface area contributed by atoms with Gasteiger partial charge in [-0.25, -0.2) is 0 Å². The van der Waals surface area contributed by atoms with Crippen molar-refractivity contribution in [3.8, 4) is 11.8 Å². The Morgan fingerprint density at radius 1 is 1.36 bits per heavy atom. The number of fused-ring (bicyclic) bond motifs is 1. The lowest BCUT2D eigenvalue weighted by Crippen LogP contribution is -2.61. The van der Waals surface area contributed by atoms with E-state index in [1.807, 2.05) is 0 Å². The Hall–Kier alpha value is -2.63. The number of hydrogen-bond acceptors (Lipinski definition) is 5. The van der Waals surface area contributed by atoms with Gasteiger partial charge in [0.05, 0.1) is 23.7 Å². The van der Waals surface area contributed by atoms with E-state index in [1.165, 1.54) is 19.1 Å². The van der Waals surface area contributed by atoms with Crippen molar-refractivity contribution in [1.29, 1.82) is 5.26 Å². The minimum atomic E-state index is -4.80. The first-order valence-electron chi connectivity index (χ1n) is 8.74. The fourth-order valence-corrected chi connectivity index (χ4v) is 3.16. The lowest BCUT2D eigenvalue weighted by molar-refractivity contribution is -0.254. The van der Waals surface area contributed by atoms with Crippen LogP contribution in [0.2, 0.25) is 0 Å². The zero-order valence-corrected chi connectivity index (χ0v) is 16.4. The van der Waals surface area contributed by atoms with Crippen molar-refractivity contribution >= 4 is 17.5 Å². The van der Waals surface area contributed by atoms with Crippen molar-refractivity contribution < 1.29 is 27.8 Å². The molecule has 1 aromatic carbocycles. The van der Waals surface area contributed by atoms with Gasteiger partial charge in [-0.05, 0) is 52.3 Å². The van der Waals surface area contributed by atoms with Crippen molar-refractivity contribution in [1.82, 2.24) is 0 Å².